The van der Waals surface area contributed by atoms with Crippen LogP contribution < -0.4 is 0 Å². The van der Waals surface area contributed by atoms with Crippen molar-refractivity contribution < 1.29 is 12.8 Å². The first-order chi connectivity index (χ1) is 5.82. The van der Waals surface area contributed by atoms with Gasteiger partial charge in [-0.1, -0.05) is 0 Å². The van der Waals surface area contributed by atoms with Crippen LogP contribution in [0.1, 0.15) is 0 Å². The predicted octanol–water partition coefficient (Wildman–Crippen LogP) is 3.28. The van der Waals surface area contributed by atoms with E-state index in [0.29, 0.717) is 4.47 Å². The zero-order valence-electron chi connectivity index (χ0n) is 5.89. The van der Waals surface area contributed by atoms with E-state index in [1.54, 1.807) is 0 Å². The fourth-order valence-corrected chi connectivity index (χ4v) is 2.26. The van der Waals surface area contributed by atoms with Crippen LogP contribution in [-0.4, -0.2) is 8.42 Å². The summed E-state index contributed by atoms with van der Waals surface area (Å²) in [5, 5.41) is 0. The third kappa shape index (κ3) is 2.65. The largest absolute Gasteiger partial charge is 0.261 e. The van der Waals surface area contributed by atoms with E-state index in [1.165, 1.54) is 6.07 Å². The number of rotatable bonds is 1. The van der Waals surface area contributed by atoms with E-state index in [2.05, 4.69) is 31.9 Å². The molecule has 0 saturated carbocycles. The van der Waals surface area contributed by atoms with Gasteiger partial charge >= 0.3 is 0 Å². The molecular weight excluding hydrogens is 350 g/mol. The fraction of sp³-hybridized carbons (Fsp3) is 0. The molecular formula is C6H2Br2ClFO2S. The van der Waals surface area contributed by atoms with Crippen molar-refractivity contribution in [1.29, 1.82) is 0 Å². The Morgan fingerprint density at radius 3 is 2.23 bits per heavy atom. The van der Waals surface area contributed by atoms with Crippen LogP contribution in [0.4, 0.5) is 4.39 Å². The molecule has 72 valence electrons. The third-order valence-corrected chi connectivity index (χ3v) is 4.54. The quantitative estimate of drug-likeness (QED) is 0.574. The molecule has 0 aliphatic carbocycles. The molecule has 1 aromatic rings. The zero-order valence-corrected chi connectivity index (χ0v) is 10.6. The van der Waals surface area contributed by atoms with Crippen LogP contribution in [-0.2, 0) is 9.05 Å². The van der Waals surface area contributed by atoms with Gasteiger partial charge in [-0.2, -0.15) is 0 Å². The molecule has 0 aliphatic heterocycles. The van der Waals surface area contributed by atoms with Crippen molar-refractivity contribution in [3.8, 4) is 0 Å². The highest BCUT2D eigenvalue weighted by Crippen LogP contribution is 2.30. The second-order valence-corrected chi connectivity index (χ2v) is 6.35. The summed E-state index contributed by atoms with van der Waals surface area (Å²) in [5.41, 5.74) is 0. The Morgan fingerprint density at radius 1 is 1.31 bits per heavy atom. The van der Waals surface area contributed by atoms with Gasteiger partial charge in [-0.3, -0.25) is 0 Å². The standard InChI is InChI=1S/C6H2Br2ClFO2S/c7-4-1-3(13(9,11)12)2-5(10)6(4)8/h1-2H. The smallest absolute Gasteiger partial charge is 0.207 e. The Balaban J connectivity index is 3.47. The molecule has 0 aromatic heterocycles. The van der Waals surface area contributed by atoms with Crippen molar-refractivity contribution in [2.45, 2.75) is 4.90 Å². The first-order valence-corrected chi connectivity index (χ1v) is 6.81. The molecule has 0 amide bonds. The van der Waals surface area contributed by atoms with Gasteiger partial charge in [-0.05, 0) is 44.0 Å². The van der Waals surface area contributed by atoms with Crippen LogP contribution in [0.5, 0.6) is 0 Å². The minimum atomic E-state index is -3.88. The van der Waals surface area contributed by atoms with Gasteiger partial charge in [0.1, 0.15) is 5.82 Å². The van der Waals surface area contributed by atoms with Gasteiger partial charge in [-0.15, -0.1) is 0 Å². The maximum atomic E-state index is 13.0. The molecule has 1 aromatic carbocycles. The number of halogens is 4. The highest BCUT2D eigenvalue weighted by molar-refractivity contribution is 9.13. The SMILES string of the molecule is O=S(=O)(Cl)c1cc(F)c(Br)c(Br)c1. The molecule has 2 nitrogen and oxygen atoms in total. The summed E-state index contributed by atoms with van der Waals surface area (Å²) in [6, 6.07) is 2.06. The van der Waals surface area contributed by atoms with Gasteiger partial charge < -0.3 is 0 Å². The van der Waals surface area contributed by atoms with Gasteiger partial charge in [0.2, 0.25) is 0 Å². The number of hydrogen-bond donors (Lipinski definition) is 0. The molecule has 1 rings (SSSR count). The maximum absolute atomic E-state index is 13.0. The summed E-state index contributed by atoms with van der Waals surface area (Å²) in [7, 11) is 1.14. The van der Waals surface area contributed by atoms with E-state index in [4.69, 9.17) is 10.7 Å². The van der Waals surface area contributed by atoms with E-state index in [0.717, 1.165) is 6.07 Å². The molecule has 13 heavy (non-hydrogen) atoms. The molecule has 0 atom stereocenters. The highest BCUT2D eigenvalue weighted by atomic mass is 79.9. The average molecular weight is 352 g/mol. The minimum Gasteiger partial charge on any atom is -0.207 e. The fourth-order valence-electron chi connectivity index (χ4n) is 0.673. The highest BCUT2D eigenvalue weighted by Gasteiger charge is 2.15. The summed E-state index contributed by atoms with van der Waals surface area (Å²) < 4.78 is 35.1. The first-order valence-electron chi connectivity index (χ1n) is 2.91. The lowest BCUT2D eigenvalue weighted by atomic mass is 10.3. The Kier molecular flexibility index (Phi) is 3.38. The number of benzene rings is 1. The lowest BCUT2D eigenvalue weighted by Crippen LogP contribution is -1.92. The van der Waals surface area contributed by atoms with Crippen molar-refractivity contribution in [1.82, 2.24) is 0 Å². The zero-order chi connectivity index (χ0) is 10.2. The monoisotopic (exact) mass is 350 g/mol. The normalized spacial score (nSPS) is 11.7. The van der Waals surface area contributed by atoms with E-state index >= 15 is 0 Å². The molecule has 0 fully saturated rings. The van der Waals surface area contributed by atoms with Gasteiger partial charge in [0, 0.05) is 15.2 Å². The average Bonchev–Trinajstić information content (AvgIpc) is 1.97. The van der Waals surface area contributed by atoms with Gasteiger partial charge in [-0.25, -0.2) is 12.8 Å². The molecule has 0 bridgehead atoms. The first kappa shape index (κ1) is 11.4. The molecule has 0 saturated heterocycles. The molecule has 0 aliphatic rings. The third-order valence-electron chi connectivity index (χ3n) is 1.24. The van der Waals surface area contributed by atoms with Crippen LogP contribution in [0.2, 0.25) is 0 Å². The Labute approximate surface area is 95.8 Å². The Hall–Kier alpha value is 0.350. The van der Waals surface area contributed by atoms with Crippen LogP contribution in [0.25, 0.3) is 0 Å². The summed E-state index contributed by atoms with van der Waals surface area (Å²) in [5.74, 6) is -0.686. The molecule has 0 N–H and O–H groups in total. The summed E-state index contributed by atoms with van der Waals surface area (Å²) in [6.07, 6.45) is 0. The molecule has 0 heterocycles. The Morgan fingerprint density at radius 2 is 1.85 bits per heavy atom. The second kappa shape index (κ2) is 3.84. The maximum Gasteiger partial charge on any atom is 0.261 e. The summed E-state index contributed by atoms with van der Waals surface area (Å²) in [4.78, 5) is -0.276. The van der Waals surface area contributed by atoms with Crippen LogP contribution >= 0.6 is 42.5 Å². The molecule has 7 heteroatoms. The van der Waals surface area contributed by atoms with E-state index in [9.17, 15) is 12.8 Å². The predicted molar refractivity (Wildman–Crippen MR) is 54.8 cm³/mol. The van der Waals surface area contributed by atoms with Gasteiger partial charge in [0.15, 0.2) is 0 Å². The minimum absolute atomic E-state index is 0.163. The van der Waals surface area contributed by atoms with Gasteiger partial charge in [0.05, 0.1) is 9.37 Å². The van der Waals surface area contributed by atoms with E-state index in [1.807, 2.05) is 0 Å². The van der Waals surface area contributed by atoms with Crippen LogP contribution in [0.3, 0.4) is 0 Å². The number of hydrogen-bond acceptors (Lipinski definition) is 2. The van der Waals surface area contributed by atoms with Crippen LogP contribution in [0.15, 0.2) is 26.0 Å². The molecule has 0 unspecified atom stereocenters. The topological polar surface area (TPSA) is 34.1 Å². The Bertz CT molecular complexity index is 423. The van der Waals surface area contributed by atoms with Crippen molar-refractivity contribution in [3.63, 3.8) is 0 Å². The van der Waals surface area contributed by atoms with Crippen LogP contribution in [0, 0.1) is 5.82 Å². The van der Waals surface area contributed by atoms with Crippen molar-refractivity contribution in [2.24, 2.45) is 0 Å². The second-order valence-electron chi connectivity index (χ2n) is 2.14. The van der Waals surface area contributed by atoms with E-state index < -0.39 is 14.9 Å². The van der Waals surface area contributed by atoms with Crippen molar-refractivity contribution in [2.75, 3.05) is 0 Å². The van der Waals surface area contributed by atoms with Gasteiger partial charge in [0.25, 0.3) is 9.05 Å². The molecule has 0 spiro atoms. The summed E-state index contributed by atoms with van der Waals surface area (Å²) in [6.45, 7) is 0. The lowest BCUT2D eigenvalue weighted by molar-refractivity contribution is 0.599. The lowest BCUT2D eigenvalue weighted by Gasteiger charge is -2.00. The van der Waals surface area contributed by atoms with E-state index in [-0.39, 0.29) is 9.37 Å². The van der Waals surface area contributed by atoms with Crippen molar-refractivity contribution >= 4 is 51.6 Å². The van der Waals surface area contributed by atoms with Crippen molar-refractivity contribution in [3.05, 3.63) is 26.9 Å². The molecule has 0 radical (unpaired) electrons. The summed E-state index contributed by atoms with van der Waals surface area (Å²) >= 11 is 5.90.